The molecule has 212 valence electrons. The summed E-state index contributed by atoms with van der Waals surface area (Å²) in [7, 11) is -3.64. The molecule has 1 N–H and O–H groups in total. The van der Waals surface area contributed by atoms with E-state index in [-0.39, 0.29) is 29.9 Å². The Balaban J connectivity index is 1.40. The average molecular weight is 586 g/mol. The van der Waals surface area contributed by atoms with E-state index in [4.69, 9.17) is 21.1 Å². The summed E-state index contributed by atoms with van der Waals surface area (Å²) in [5, 5.41) is 3.48. The van der Waals surface area contributed by atoms with Crippen molar-refractivity contribution in [1.29, 1.82) is 0 Å². The Morgan fingerprint density at radius 1 is 0.975 bits per heavy atom. The molecule has 2 amide bonds. The van der Waals surface area contributed by atoms with Crippen LogP contribution in [0.2, 0.25) is 5.02 Å². The summed E-state index contributed by atoms with van der Waals surface area (Å²) in [4.78, 5) is 27.9. The molecule has 1 atom stereocenters. The first-order chi connectivity index (χ1) is 19.2. The lowest BCUT2D eigenvalue weighted by Crippen LogP contribution is -2.48. The number of nitrogens with zero attached hydrogens (tertiary/aromatic N) is 2. The Bertz CT molecular complexity index is 1380. The number of carbonyl (C=O) groups is 2. The summed E-state index contributed by atoms with van der Waals surface area (Å²) in [6.07, 6.45) is 0. The van der Waals surface area contributed by atoms with Crippen molar-refractivity contribution in [2.75, 3.05) is 32.9 Å². The largest absolute Gasteiger partial charge is 0.484 e. The van der Waals surface area contributed by atoms with Crippen LogP contribution in [0.5, 0.6) is 5.75 Å². The van der Waals surface area contributed by atoms with Crippen LogP contribution < -0.4 is 10.1 Å². The third-order valence-electron chi connectivity index (χ3n) is 6.54. The molecule has 3 aromatic rings. The molecule has 0 unspecified atom stereocenters. The molecule has 4 rings (SSSR count). The predicted octanol–water partition coefficient (Wildman–Crippen LogP) is 3.47. The van der Waals surface area contributed by atoms with Gasteiger partial charge in [0.15, 0.2) is 6.61 Å². The van der Waals surface area contributed by atoms with E-state index in [1.807, 2.05) is 42.5 Å². The Labute approximate surface area is 239 Å². The van der Waals surface area contributed by atoms with Gasteiger partial charge in [0.2, 0.25) is 15.9 Å². The van der Waals surface area contributed by atoms with E-state index < -0.39 is 16.1 Å². The van der Waals surface area contributed by atoms with E-state index in [2.05, 4.69) is 5.32 Å². The standard InChI is InChI=1S/C29H32ClN3O6S/c1-22(29(35)31-19-23-7-9-25(30)10-8-23)33(20-24-5-3-2-4-6-24)28(34)21-39-26-11-13-27(14-12-26)40(36,37)32-15-17-38-18-16-32/h2-14,22H,15-21H2,1H3,(H,31,35)/t22-/m0/s1. The van der Waals surface area contributed by atoms with Gasteiger partial charge in [-0.25, -0.2) is 8.42 Å². The van der Waals surface area contributed by atoms with Crippen molar-refractivity contribution in [2.45, 2.75) is 31.0 Å². The molecule has 1 saturated heterocycles. The first-order valence-electron chi connectivity index (χ1n) is 12.9. The van der Waals surface area contributed by atoms with Gasteiger partial charge in [0.05, 0.1) is 18.1 Å². The first kappa shape index (κ1) is 29.5. The van der Waals surface area contributed by atoms with Crippen LogP contribution in [0.15, 0.2) is 83.8 Å². The number of hydrogen-bond donors (Lipinski definition) is 1. The van der Waals surface area contributed by atoms with Gasteiger partial charge in [0.25, 0.3) is 5.91 Å². The van der Waals surface area contributed by atoms with E-state index in [0.717, 1.165) is 11.1 Å². The van der Waals surface area contributed by atoms with Crippen molar-refractivity contribution in [3.8, 4) is 5.75 Å². The molecule has 11 heteroatoms. The highest BCUT2D eigenvalue weighted by Crippen LogP contribution is 2.21. The van der Waals surface area contributed by atoms with Crippen molar-refractivity contribution < 1.29 is 27.5 Å². The third-order valence-corrected chi connectivity index (χ3v) is 8.70. The van der Waals surface area contributed by atoms with Crippen LogP contribution in [-0.2, 0) is 37.4 Å². The minimum Gasteiger partial charge on any atom is -0.484 e. The van der Waals surface area contributed by atoms with E-state index >= 15 is 0 Å². The van der Waals surface area contributed by atoms with Crippen molar-refractivity contribution in [3.05, 3.63) is 95.0 Å². The molecule has 1 aliphatic rings. The maximum Gasteiger partial charge on any atom is 0.261 e. The normalized spacial score (nSPS) is 14.8. The van der Waals surface area contributed by atoms with E-state index in [9.17, 15) is 18.0 Å². The summed E-state index contributed by atoms with van der Waals surface area (Å²) >= 11 is 5.94. The molecule has 3 aromatic carbocycles. The third kappa shape index (κ3) is 7.82. The van der Waals surface area contributed by atoms with Crippen LogP contribution in [0.3, 0.4) is 0 Å². The summed E-state index contributed by atoms with van der Waals surface area (Å²) < 4.78 is 38.0. The minimum absolute atomic E-state index is 0.143. The fraction of sp³-hybridized carbons (Fsp3) is 0.310. The number of sulfonamides is 1. The number of halogens is 1. The average Bonchev–Trinajstić information content (AvgIpc) is 2.99. The molecular formula is C29H32ClN3O6S. The highest BCUT2D eigenvalue weighted by atomic mass is 35.5. The number of ether oxygens (including phenoxy) is 2. The number of nitrogens with one attached hydrogen (secondary N) is 1. The van der Waals surface area contributed by atoms with Gasteiger partial charge < -0.3 is 19.7 Å². The van der Waals surface area contributed by atoms with Gasteiger partial charge in [-0.1, -0.05) is 54.1 Å². The Kier molecular flexibility index (Phi) is 10.2. The highest BCUT2D eigenvalue weighted by Gasteiger charge is 2.28. The van der Waals surface area contributed by atoms with Crippen LogP contribution >= 0.6 is 11.6 Å². The zero-order chi connectivity index (χ0) is 28.5. The zero-order valence-electron chi connectivity index (χ0n) is 22.2. The lowest BCUT2D eigenvalue weighted by molar-refractivity contribution is -0.142. The van der Waals surface area contributed by atoms with Gasteiger partial charge in [0.1, 0.15) is 11.8 Å². The fourth-order valence-electron chi connectivity index (χ4n) is 4.17. The molecule has 1 heterocycles. The second kappa shape index (κ2) is 13.8. The second-order valence-electron chi connectivity index (χ2n) is 9.30. The Morgan fingerprint density at radius 3 is 2.27 bits per heavy atom. The van der Waals surface area contributed by atoms with Gasteiger partial charge in [-0.15, -0.1) is 0 Å². The van der Waals surface area contributed by atoms with Crippen molar-refractivity contribution >= 4 is 33.4 Å². The smallest absolute Gasteiger partial charge is 0.261 e. The van der Waals surface area contributed by atoms with Crippen LogP contribution in [-0.4, -0.2) is 68.4 Å². The number of hydrogen-bond acceptors (Lipinski definition) is 6. The number of rotatable bonds is 11. The molecule has 9 nitrogen and oxygen atoms in total. The van der Waals surface area contributed by atoms with E-state index in [0.29, 0.717) is 43.6 Å². The Hall–Kier alpha value is -3.44. The first-order valence-corrected chi connectivity index (χ1v) is 14.7. The van der Waals surface area contributed by atoms with Crippen LogP contribution in [0.4, 0.5) is 0 Å². The van der Waals surface area contributed by atoms with E-state index in [1.54, 1.807) is 19.1 Å². The monoisotopic (exact) mass is 585 g/mol. The zero-order valence-corrected chi connectivity index (χ0v) is 23.7. The maximum absolute atomic E-state index is 13.3. The molecule has 0 spiro atoms. The number of carbonyl (C=O) groups excluding carboxylic acids is 2. The van der Waals surface area contributed by atoms with Crippen LogP contribution in [0.25, 0.3) is 0 Å². The lowest BCUT2D eigenvalue weighted by atomic mass is 10.1. The molecule has 1 aliphatic heterocycles. The quantitative estimate of drug-likeness (QED) is 0.369. The van der Waals surface area contributed by atoms with Crippen molar-refractivity contribution in [3.63, 3.8) is 0 Å². The molecule has 0 saturated carbocycles. The van der Waals surface area contributed by atoms with Gasteiger partial charge in [0, 0.05) is 31.2 Å². The lowest BCUT2D eigenvalue weighted by Gasteiger charge is -2.29. The number of morpholine rings is 1. The van der Waals surface area contributed by atoms with Crippen LogP contribution in [0, 0.1) is 0 Å². The van der Waals surface area contributed by atoms with Crippen molar-refractivity contribution in [2.24, 2.45) is 0 Å². The maximum atomic E-state index is 13.3. The summed E-state index contributed by atoms with van der Waals surface area (Å²) in [6.45, 7) is 3.19. The number of benzene rings is 3. The highest BCUT2D eigenvalue weighted by molar-refractivity contribution is 7.89. The summed E-state index contributed by atoms with van der Waals surface area (Å²) in [6, 6.07) is 21.7. The molecule has 0 bridgehead atoms. The predicted molar refractivity (Wildman–Crippen MR) is 151 cm³/mol. The molecule has 1 fully saturated rings. The second-order valence-corrected chi connectivity index (χ2v) is 11.7. The topological polar surface area (TPSA) is 105 Å². The van der Waals surface area contributed by atoms with Gasteiger partial charge >= 0.3 is 0 Å². The molecule has 0 aromatic heterocycles. The Morgan fingerprint density at radius 2 is 1.62 bits per heavy atom. The molecule has 0 radical (unpaired) electrons. The molecule has 40 heavy (non-hydrogen) atoms. The van der Waals surface area contributed by atoms with Gasteiger partial charge in [-0.05, 0) is 54.4 Å². The minimum atomic E-state index is -3.64. The molecular weight excluding hydrogens is 554 g/mol. The fourth-order valence-corrected chi connectivity index (χ4v) is 5.71. The van der Waals surface area contributed by atoms with Gasteiger partial charge in [-0.2, -0.15) is 4.31 Å². The molecule has 0 aliphatic carbocycles. The van der Waals surface area contributed by atoms with E-state index in [1.165, 1.54) is 33.5 Å². The van der Waals surface area contributed by atoms with Crippen molar-refractivity contribution in [1.82, 2.24) is 14.5 Å². The number of amides is 2. The summed E-state index contributed by atoms with van der Waals surface area (Å²) in [5.41, 5.74) is 1.75. The summed E-state index contributed by atoms with van der Waals surface area (Å²) in [5.74, 6) is -0.353. The van der Waals surface area contributed by atoms with Crippen LogP contribution in [0.1, 0.15) is 18.1 Å². The SMILES string of the molecule is C[C@@H](C(=O)NCc1ccc(Cl)cc1)N(Cc1ccccc1)C(=O)COc1ccc(S(=O)(=O)N2CCOCC2)cc1. The van der Waals surface area contributed by atoms with Gasteiger partial charge in [-0.3, -0.25) is 9.59 Å².